The molecular weight excluding hydrogens is 212 g/mol. The minimum Gasteiger partial charge on any atom is -0.325 e. The largest absolute Gasteiger partial charge is 0.325 e. The van der Waals surface area contributed by atoms with Crippen LogP contribution >= 0.6 is 0 Å². The molecule has 1 atom stereocenters. The average molecular weight is 230 g/mol. The molecule has 0 aliphatic carbocycles. The average Bonchev–Trinajstić information content (AvgIpc) is 2.30. The number of nitrogens with zero attached hydrogens (tertiary/aromatic N) is 1. The van der Waals surface area contributed by atoms with Crippen molar-refractivity contribution in [3.8, 4) is 6.07 Å². The molecule has 3 heteroatoms. The molecule has 0 aliphatic rings. The number of rotatable bonds is 4. The summed E-state index contributed by atoms with van der Waals surface area (Å²) < 4.78 is 0. The van der Waals surface area contributed by atoms with E-state index in [0.29, 0.717) is 0 Å². The van der Waals surface area contributed by atoms with Crippen LogP contribution in [0.5, 0.6) is 0 Å². The third-order valence-electron chi connectivity index (χ3n) is 2.74. The van der Waals surface area contributed by atoms with Crippen molar-refractivity contribution >= 4 is 11.6 Å². The predicted molar refractivity (Wildman–Crippen MR) is 68.4 cm³/mol. The minimum atomic E-state index is -0.597. The Kier molecular flexibility index (Phi) is 4.71. The molecule has 3 nitrogen and oxygen atoms in total. The maximum Gasteiger partial charge on any atom is 0.241 e. The molecule has 0 heterocycles. The summed E-state index contributed by atoms with van der Waals surface area (Å²) in [6.07, 6.45) is 0.857. The Morgan fingerprint density at radius 1 is 1.41 bits per heavy atom. The Labute approximate surface area is 102 Å². The number of para-hydroxylation sites is 1. The standard InChI is InChI=1S/C14H18N2O/c1-4-11-7-5-6-8-13(11)16-14(17)12(9-15)10(2)3/h5-8,10,12H,4H2,1-3H3,(H,16,17). The smallest absolute Gasteiger partial charge is 0.241 e. The van der Waals surface area contributed by atoms with Gasteiger partial charge in [-0.2, -0.15) is 5.26 Å². The topological polar surface area (TPSA) is 52.9 Å². The predicted octanol–water partition coefficient (Wildman–Crippen LogP) is 2.98. The number of amides is 1. The van der Waals surface area contributed by atoms with Gasteiger partial charge in [0.25, 0.3) is 0 Å². The van der Waals surface area contributed by atoms with Crippen LogP contribution in [-0.4, -0.2) is 5.91 Å². The van der Waals surface area contributed by atoms with E-state index in [4.69, 9.17) is 5.26 Å². The van der Waals surface area contributed by atoms with Crippen LogP contribution in [0.1, 0.15) is 26.3 Å². The first kappa shape index (κ1) is 13.2. The van der Waals surface area contributed by atoms with Gasteiger partial charge in [-0.25, -0.2) is 0 Å². The maximum atomic E-state index is 11.9. The van der Waals surface area contributed by atoms with E-state index in [1.807, 2.05) is 51.1 Å². The van der Waals surface area contributed by atoms with Gasteiger partial charge in [0.1, 0.15) is 5.92 Å². The maximum absolute atomic E-state index is 11.9. The van der Waals surface area contributed by atoms with Crippen molar-refractivity contribution in [1.82, 2.24) is 0 Å². The van der Waals surface area contributed by atoms with Crippen molar-refractivity contribution in [1.29, 1.82) is 5.26 Å². The monoisotopic (exact) mass is 230 g/mol. The Balaban J connectivity index is 2.84. The normalized spacial score (nSPS) is 11.9. The molecule has 0 saturated carbocycles. The van der Waals surface area contributed by atoms with Gasteiger partial charge in [-0.15, -0.1) is 0 Å². The summed E-state index contributed by atoms with van der Waals surface area (Å²) in [5, 5.41) is 11.8. The number of carbonyl (C=O) groups excluding carboxylic acids is 1. The zero-order valence-corrected chi connectivity index (χ0v) is 10.5. The third kappa shape index (κ3) is 3.32. The van der Waals surface area contributed by atoms with Crippen LogP contribution in [0.15, 0.2) is 24.3 Å². The minimum absolute atomic E-state index is 0.0220. The molecule has 0 radical (unpaired) electrons. The molecule has 0 aliphatic heterocycles. The number of anilines is 1. The molecule has 0 bridgehead atoms. The van der Waals surface area contributed by atoms with Crippen LogP contribution in [0.3, 0.4) is 0 Å². The lowest BCUT2D eigenvalue weighted by atomic mass is 9.96. The Morgan fingerprint density at radius 2 is 2.06 bits per heavy atom. The van der Waals surface area contributed by atoms with Crippen LogP contribution in [0.2, 0.25) is 0 Å². The molecule has 1 N–H and O–H groups in total. The second-order valence-corrected chi connectivity index (χ2v) is 4.35. The van der Waals surface area contributed by atoms with E-state index in [-0.39, 0.29) is 11.8 Å². The van der Waals surface area contributed by atoms with Gasteiger partial charge in [-0.05, 0) is 24.0 Å². The Hall–Kier alpha value is -1.82. The van der Waals surface area contributed by atoms with E-state index >= 15 is 0 Å². The molecule has 1 aromatic rings. The zero-order valence-electron chi connectivity index (χ0n) is 10.5. The van der Waals surface area contributed by atoms with Crippen molar-refractivity contribution in [2.45, 2.75) is 27.2 Å². The first-order valence-electron chi connectivity index (χ1n) is 5.88. The van der Waals surface area contributed by atoms with Gasteiger partial charge in [0, 0.05) is 5.69 Å². The first-order valence-corrected chi connectivity index (χ1v) is 5.88. The molecule has 0 aromatic heterocycles. The number of carbonyl (C=O) groups is 1. The highest BCUT2D eigenvalue weighted by molar-refractivity contribution is 5.94. The summed E-state index contributed by atoms with van der Waals surface area (Å²) in [5.74, 6) is -0.794. The lowest BCUT2D eigenvalue weighted by Crippen LogP contribution is -2.26. The number of nitriles is 1. The van der Waals surface area contributed by atoms with Crippen molar-refractivity contribution in [2.75, 3.05) is 5.32 Å². The highest BCUT2D eigenvalue weighted by atomic mass is 16.1. The molecule has 90 valence electrons. The fourth-order valence-electron chi connectivity index (χ4n) is 1.67. The highest BCUT2D eigenvalue weighted by Gasteiger charge is 2.21. The highest BCUT2D eigenvalue weighted by Crippen LogP contribution is 2.18. The van der Waals surface area contributed by atoms with Crippen molar-refractivity contribution in [2.24, 2.45) is 11.8 Å². The Morgan fingerprint density at radius 3 is 2.59 bits per heavy atom. The van der Waals surface area contributed by atoms with Gasteiger partial charge in [-0.1, -0.05) is 39.0 Å². The molecule has 1 unspecified atom stereocenters. The van der Waals surface area contributed by atoms with E-state index < -0.39 is 5.92 Å². The molecule has 0 saturated heterocycles. The van der Waals surface area contributed by atoms with E-state index in [2.05, 4.69) is 5.32 Å². The summed E-state index contributed by atoms with van der Waals surface area (Å²) in [5.41, 5.74) is 1.89. The van der Waals surface area contributed by atoms with E-state index in [0.717, 1.165) is 17.7 Å². The molecule has 17 heavy (non-hydrogen) atoms. The van der Waals surface area contributed by atoms with Gasteiger partial charge in [-0.3, -0.25) is 4.79 Å². The summed E-state index contributed by atoms with van der Waals surface area (Å²) in [7, 11) is 0. The lowest BCUT2D eigenvalue weighted by Gasteiger charge is -2.15. The number of hydrogen-bond donors (Lipinski definition) is 1. The molecular formula is C14H18N2O. The second-order valence-electron chi connectivity index (χ2n) is 4.35. The fraction of sp³-hybridized carbons (Fsp3) is 0.429. The second kappa shape index (κ2) is 6.05. The van der Waals surface area contributed by atoms with Crippen LogP contribution in [0, 0.1) is 23.2 Å². The van der Waals surface area contributed by atoms with Gasteiger partial charge in [0.05, 0.1) is 6.07 Å². The Bertz CT molecular complexity index is 432. The van der Waals surface area contributed by atoms with Gasteiger partial charge in [0.2, 0.25) is 5.91 Å². The van der Waals surface area contributed by atoms with Gasteiger partial charge < -0.3 is 5.32 Å². The summed E-state index contributed by atoms with van der Waals surface area (Å²) in [6.45, 7) is 5.79. The molecule has 1 rings (SSSR count). The van der Waals surface area contributed by atoms with E-state index in [1.54, 1.807) is 0 Å². The van der Waals surface area contributed by atoms with E-state index in [1.165, 1.54) is 0 Å². The summed E-state index contributed by atoms with van der Waals surface area (Å²) in [4.78, 5) is 11.9. The zero-order chi connectivity index (χ0) is 12.8. The van der Waals surface area contributed by atoms with Crippen molar-refractivity contribution in [3.63, 3.8) is 0 Å². The quantitative estimate of drug-likeness (QED) is 0.864. The van der Waals surface area contributed by atoms with Crippen LogP contribution < -0.4 is 5.32 Å². The summed E-state index contributed by atoms with van der Waals surface area (Å²) in [6, 6.07) is 9.72. The van der Waals surface area contributed by atoms with Crippen molar-refractivity contribution < 1.29 is 4.79 Å². The molecule has 0 fully saturated rings. The van der Waals surface area contributed by atoms with Gasteiger partial charge in [0.15, 0.2) is 0 Å². The summed E-state index contributed by atoms with van der Waals surface area (Å²) >= 11 is 0. The fourth-order valence-corrected chi connectivity index (χ4v) is 1.67. The van der Waals surface area contributed by atoms with E-state index in [9.17, 15) is 4.79 Å². The van der Waals surface area contributed by atoms with Gasteiger partial charge >= 0.3 is 0 Å². The first-order chi connectivity index (χ1) is 8.10. The SMILES string of the molecule is CCc1ccccc1NC(=O)C(C#N)C(C)C. The molecule has 1 aromatic carbocycles. The van der Waals surface area contributed by atoms with Crippen LogP contribution in [-0.2, 0) is 11.2 Å². The number of benzene rings is 1. The molecule has 0 spiro atoms. The number of nitrogens with one attached hydrogen (secondary N) is 1. The number of hydrogen-bond acceptors (Lipinski definition) is 2. The van der Waals surface area contributed by atoms with Crippen molar-refractivity contribution in [3.05, 3.63) is 29.8 Å². The van der Waals surface area contributed by atoms with Crippen LogP contribution in [0.25, 0.3) is 0 Å². The lowest BCUT2D eigenvalue weighted by molar-refractivity contribution is -0.119. The number of aryl methyl sites for hydroxylation is 1. The van der Waals surface area contributed by atoms with Crippen LogP contribution in [0.4, 0.5) is 5.69 Å². The third-order valence-corrected chi connectivity index (χ3v) is 2.74. The molecule has 1 amide bonds.